The van der Waals surface area contributed by atoms with Gasteiger partial charge in [0.05, 0.1) is 12.6 Å². The second-order valence-corrected chi connectivity index (χ2v) is 5.62. The van der Waals surface area contributed by atoms with E-state index >= 15 is 0 Å². The van der Waals surface area contributed by atoms with Crippen molar-refractivity contribution in [1.29, 1.82) is 0 Å². The molecular formula is C20H23O3-. The normalized spacial score (nSPS) is 11.2. The Hall–Kier alpha value is -2.29. The number of carbonyl (C=O) groups excluding carboxylic acids is 1. The molecule has 0 saturated carbocycles. The van der Waals surface area contributed by atoms with Gasteiger partial charge in [-0.3, -0.25) is 0 Å². The van der Waals surface area contributed by atoms with Gasteiger partial charge in [0.1, 0.15) is 5.75 Å². The maximum absolute atomic E-state index is 10.7. The third-order valence-electron chi connectivity index (χ3n) is 3.80. The van der Waals surface area contributed by atoms with Crippen molar-refractivity contribution in [3.63, 3.8) is 0 Å². The number of ether oxygens (including phenoxy) is 1. The number of unbranched alkanes of at least 4 members (excludes halogenated alkanes) is 4. The van der Waals surface area contributed by atoms with E-state index in [2.05, 4.69) is 6.92 Å². The Morgan fingerprint density at radius 1 is 1.09 bits per heavy atom. The Morgan fingerprint density at radius 2 is 1.87 bits per heavy atom. The lowest BCUT2D eigenvalue weighted by atomic mass is 10.0. The molecule has 2 rings (SSSR count). The minimum atomic E-state index is -1.20. The van der Waals surface area contributed by atoms with Crippen LogP contribution < -0.4 is 9.84 Å². The van der Waals surface area contributed by atoms with Crippen LogP contribution in [-0.4, -0.2) is 12.6 Å². The first-order chi connectivity index (χ1) is 11.2. The van der Waals surface area contributed by atoms with Crippen LogP contribution in [0.2, 0.25) is 0 Å². The van der Waals surface area contributed by atoms with Crippen LogP contribution in [0.5, 0.6) is 5.75 Å². The minimum Gasteiger partial charge on any atom is -0.545 e. The molecule has 0 fully saturated rings. The molecule has 0 aromatic heterocycles. The number of carboxylic acids is 1. The summed E-state index contributed by atoms with van der Waals surface area (Å²) in [5.41, 5.74) is 0.765. The van der Waals surface area contributed by atoms with E-state index in [4.69, 9.17) is 4.74 Å². The van der Waals surface area contributed by atoms with E-state index in [0.29, 0.717) is 6.61 Å². The Bertz CT molecular complexity index is 674. The molecule has 0 spiro atoms. The van der Waals surface area contributed by atoms with Gasteiger partial charge >= 0.3 is 0 Å². The van der Waals surface area contributed by atoms with Gasteiger partial charge in [-0.2, -0.15) is 0 Å². The van der Waals surface area contributed by atoms with Gasteiger partial charge in [0.25, 0.3) is 0 Å². The van der Waals surface area contributed by atoms with Crippen molar-refractivity contribution in [2.75, 3.05) is 6.61 Å². The van der Waals surface area contributed by atoms with Gasteiger partial charge in [0, 0.05) is 10.9 Å². The van der Waals surface area contributed by atoms with Crippen LogP contribution in [0.1, 0.15) is 44.6 Å². The standard InChI is InChI=1S/C20H24O3/c1-2-3-4-5-8-15-23-20-17(13-14-19(21)22)12-11-16-9-6-7-10-18(16)20/h6-7,9-14H,2-5,8,15H2,1H3,(H,21,22)/p-1/b14-13+. The molecule has 0 aliphatic heterocycles. The number of rotatable bonds is 9. The van der Waals surface area contributed by atoms with Crippen molar-refractivity contribution in [2.24, 2.45) is 0 Å². The molecule has 0 unspecified atom stereocenters. The van der Waals surface area contributed by atoms with Gasteiger partial charge in [-0.05, 0) is 24.0 Å². The summed E-state index contributed by atoms with van der Waals surface area (Å²) in [6.07, 6.45) is 8.45. The second kappa shape index (κ2) is 8.99. The average molecular weight is 311 g/mol. The van der Waals surface area contributed by atoms with Crippen molar-refractivity contribution < 1.29 is 14.6 Å². The highest BCUT2D eigenvalue weighted by Gasteiger charge is 2.07. The molecule has 0 amide bonds. The lowest BCUT2D eigenvalue weighted by molar-refractivity contribution is -0.297. The summed E-state index contributed by atoms with van der Waals surface area (Å²) < 4.78 is 6.00. The molecule has 0 radical (unpaired) electrons. The maximum atomic E-state index is 10.7. The van der Waals surface area contributed by atoms with Crippen molar-refractivity contribution >= 4 is 22.8 Å². The van der Waals surface area contributed by atoms with E-state index in [1.54, 1.807) is 0 Å². The quantitative estimate of drug-likeness (QED) is 0.520. The molecule has 0 aliphatic rings. The predicted molar refractivity (Wildman–Crippen MR) is 92.2 cm³/mol. The summed E-state index contributed by atoms with van der Waals surface area (Å²) >= 11 is 0. The fraction of sp³-hybridized carbons (Fsp3) is 0.350. The zero-order chi connectivity index (χ0) is 16.5. The van der Waals surface area contributed by atoms with Gasteiger partial charge in [0.2, 0.25) is 0 Å². The van der Waals surface area contributed by atoms with E-state index < -0.39 is 5.97 Å². The van der Waals surface area contributed by atoms with Gasteiger partial charge < -0.3 is 14.6 Å². The second-order valence-electron chi connectivity index (χ2n) is 5.62. The Morgan fingerprint density at radius 3 is 2.65 bits per heavy atom. The first-order valence-electron chi connectivity index (χ1n) is 8.26. The van der Waals surface area contributed by atoms with Crippen LogP contribution in [0.3, 0.4) is 0 Å². The van der Waals surface area contributed by atoms with E-state index in [1.807, 2.05) is 36.4 Å². The molecule has 0 saturated heterocycles. The summed E-state index contributed by atoms with van der Waals surface area (Å²) in [7, 11) is 0. The highest BCUT2D eigenvalue weighted by molar-refractivity contribution is 5.93. The van der Waals surface area contributed by atoms with Gasteiger partial charge in [-0.1, -0.05) is 69.0 Å². The van der Waals surface area contributed by atoms with Crippen LogP contribution in [0, 0.1) is 0 Å². The fourth-order valence-corrected chi connectivity index (χ4v) is 2.59. The monoisotopic (exact) mass is 311 g/mol. The minimum absolute atomic E-state index is 0.643. The molecule has 3 nitrogen and oxygen atoms in total. The molecule has 0 aliphatic carbocycles. The number of hydrogen-bond acceptors (Lipinski definition) is 3. The molecule has 3 heteroatoms. The lowest BCUT2D eigenvalue weighted by Crippen LogP contribution is -2.18. The molecule has 0 N–H and O–H groups in total. The Labute approximate surface area is 137 Å². The summed E-state index contributed by atoms with van der Waals surface area (Å²) in [4.78, 5) is 10.7. The van der Waals surface area contributed by atoms with Crippen LogP contribution in [0.4, 0.5) is 0 Å². The Kier molecular flexibility index (Phi) is 6.67. The molecule has 2 aromatic carbocycles. The van der Waals surface area contributed by atoms with Gasteiger partial charge in [0.15, 0.2) is 0 Å². The molecule has 0 atom stereocenters. The van der Waals surface area contributed by atoms with Gasteiger partial charge in [-0.15, -0.1) is 0 Å². The largest absolute Gasteiger partial charge is 0.545 e. The molecule has 122 valence electrons. The van der Waals surface area contributed by atoms with E-state index in [0.717, 1.165) is 41.0 Å². The smallest absolute Gasteiger partial charge is 0.134 e. The van der Waals surface area contributed by atoms with E-state index in [9.17, 15) is 9.90 Å². The molecule has 23 heavy (non-hydrogen) atoms. The SMILES string of the molecule is CCCCCCCOc1c(/C=C/C(=O)[O-])ccc2ccccc12. The summed E-state index contributed by atoms with van der Waals surface area (Å²) in [5, 5.41) is 12.8. The topological polar surface area (TPSA) is 49.4 Å². The van der Waals surface area contributed by atoms with Crippen molar-refractivity contribution in [2.45, 2.75) is 39.0 Å². The van der Waals surface area contributed by atoms with Crippen molar-refractivity contribution in [3.05, 3.63) is 48.0 Å². The van der Waals surface area contributed by atoms with Crippen LogP contribution in [0.15, 0.2) is 42.5 Å². The molecular weight excluding hydrogens is 288 g/mol. The molecule has 0 bridgehead atoms. The zero-order valence-corrected chi connectivity index (χ0v) is 13.6. The fourth-order valence-electron chi connectivity index (χ4n) is 2.59. The zero-order valence-electron chi connectivity index (χ0n) is 13.6. The number of carbonyl (C=O) groups is 1. The third-order valence-corrected chi connectivity index (χ3v) is 3.80. The average Bonchev–Trinajstić information content (AvgIpc) is 2.56. The maximum Gasteiger partial charge on any atom is 0.134 e. The molecule has 0 heterocycles. The number of carboxylic acid groups (broad SMARTS) is 1. The number of benzene rings is 2. The highest BCUT2D eigenvalue weighted by atomic mass is 16.5. The van der Waals surface area contributed by atoms with Crippen molar-refractivity contribution in [1.82, 2.24) is 0 Å². The summed E-state index contributed by atoms with van der Waals surface area (Å²) in [6.45, 7) is 2.84. The lowest BCUT2D eigenvalue weighted by Gasteiger charge is -2.13. The first-order valence-corrected chi connectivity index (χ1v) is 8.26. The van der Waals surface area contributed by atoms with Crippen molar-refractivity contribution in [3.8, 4) is 5.75 Å². The third kappa shape index (κ3) is 5.13. The van der Waals surface area contributed by atoms with Crippen LogP contribution in [-0.2, 0) is 4.79 Å². The van der Waals surface area contributed by atoms with E-state index in [1.165, 1.54) is 25.3 Å². The first kappa shape index (κ1) is 17.1. The molecule has 2 aromatic rings. The number of hydrogen-bond donors (Lipinski definition) is 0. The Balaban J connectivity index is 2.16. The van der Waals surface area contributed by atoms with E-state index in [-0.39, 0.29) is 0 Å². The summed E-state index contributed by atoms with van der Waals surface area (Å²) in [5.74, 6) is -0.459. The summed E-state index contributed by atoms with van der Waals surface area (Å²) in [6, 6.07) is 11.8. The number of fused-ring (bicyclic) bond motifs is 1. The van der Waals surface area contributed by atoms with Crippen LogP contribution in [0.25, 0.3) is 16.8 Å². The van der Waals surface area contributed by atoms with Gasteiger partial charge in [-0.25, -0.2) is 0 Å². The highest BCUT2D eigenvalue weighted by Crippen LogP contribution is 2.31. The number of aliphatic carboxylic acids is 1. The van der Waals surface area contributed by atoms with Crippen LogP contribution >= 0.6 is 0 Å². The predicted octanol–water partition coefficient (Wildman–Crippen LogP) is 3.95.